The second-order valence-electron chi connectivity index (χ2n) is 7.66. The summed E-state index contributed by atoms with van der Waals surface area (Å²) in [7, 11) is -2.20. The Morgan fingerprint density at radius 3 is 2.58 bits per heavy atom. The molecule has 0 saturated carbocycles. The quantitative estimate of drug-likeness (QED) is 0.800. The average molecular weight is 386 g/mol. The van der Waals surface area contributed by atoms with Gasteiger partial charge in [-0.15, -0.1) is 0 Å². The zero-order chi connectivity index (χ0) is 19.7. The molecular formula is C18H27FN2O4S. The van der Waals surface area contributed by atoms with Crippen LogP contribution in [0.3, 0.4) is 0 Å². The van der Waals surface area contributed by atoms with E-state index in [1.165, 1.54) is 21.3 Å². The molecule has 0 aliphatic carbocycles. The van der Waals surface area contributed by atoms with E-state index in [0.29, 0.717) is 24.9 Å². The largest absolute Gasteiger partial charge is 0.444 e. The van der Waals surface area contributed by atoms with Crippen LogP contribution in [-0.4, -0.2) is 55.5 Å². The van der Waals surface area contributed by atoms with Gasteiger partial charge in [0, 0.05) is 26.2 Å². The van der Waals surface area contributed by atoms with Crippen molar-refractivity contribution < 1.29 is 22.3 Å². The van der Waals surface area contributed by atoms with Crippen LogP contribution in [0.4, 0.5) is 9.18 Å². The van der Waals surface area contributed by atoms with Crippen molar-refractivity contribution in [1.82, 2.24) is 9.21 Å². The molecule has 0 bridgehead atoms. The lowest BCUT2D eigenvalue weighted by Crippen LogP contribution is -2.51. The number of nitrogens with zero attached hydrogens (tertiary/aromatic N) is 2. The summed E-state index contributed by atoms with van der Waals surface area (Å²) in [5.41, 5.74) is -0.226. The Kier molecular flexibility index (Phi) is 5.97. The summed E-state index contributed by atoms with van der Waals surface area (Å²) in [5.74, 6) is -0.550. The van der Waals surface area contributed by atoms with Gasteiger partial charge in [0.25, 0.3) is 0 Å². The number of halogens is 1. The number of likely N-dealkylation sites (N-methyl/N-ethyl adjacent to an activating group) is 1. The van der Waals surface area contributed by atoms with E-state index in [1.807, 2.05) is 0 Å². The summed E-state index contributed by atoms with van der Waals surface area (Å²) in [5, 5.41) is 0. The third kappa shape index (κ3) is 4.73. The number of carbonyl (C=O) groups excluding carboxylic acids is 1. The van der Waals surface area contributed by atoms with Crippen molar-refractivity contribution in [3.63, 3.8) is 0 Å². The number of carbonyl (C=O) groups is 1. The van der Waals surface area contributed by atoms with Crippen molar-refractivity contribution in [2.24, 2.45) is 0 Å². The van der Waals surface area contributed by atoms with E-state index in [9.17, 15) is 17.6 Å². The number of rotatable bonds is 3. The Hall–Kier alpha value is -1.67. The van der Waals surface area contributed by atoms with E-state index in [-0.39, 0.29) is 17.5 Å². The maximum Gasteiger partial charge on any atom is 0.410 e. The summed E-state index contributed by atoms with van der Waals surface area (Å²) in [6.07, 6.45) is 0.818. The average Bonchev–Trinajstić information content (AvgIpc) is 2.55. The third-order valence-electron chi connectivity index (χ3n) is 4.37. The monoisotopic (exact) mass is 386 g/mol. The summed E-state index contributed by atoms with van der Waals surface area (Å²) >= 11 is 0. The van der Waals surface area contributed by atoms with Crippen molar-refractivity contribution in [2.75, 3.05) is 20.1 Å². The Labute approximate surface area is 155 Å². The number of benzene rings is 1. The molecule has 6 nitrogen and oxygen atoms in total. The summed E-state index contributed by atoms with van der Waals surface area (Å²) < 4.78 is 46.1. The van der Waals surface area contributed by atoms with Gasteiger partial charge >= 0.3 is 6.09 Å². The molecule has 1 amide bonds. The molecule has 1 heterocycles. The number of sulfonamides is 1. The minimum Gasteiger partial charge on any atom is -0.444 e. The second-order valence-corrected chi connectivity index (χ2v) is 9.60. The number of ether oxygens (including phenoxy) is 1. The molecule has 1 atom stereocenters. The zero-order valence-corrected chi connectivity index (χ0v) is 16.8. The van der Waals surface area contributed by atoms with Crippen LogP contribution in [0.2, 0.25) is 0 Å². The minimum atomic E-state index is -3.81. The number of aryl methyl sites for hydroxylation is 1. The van der Waals surface area contributed by atoms with Crippen LogP contribution >= 0.6 is 0 Å². The summed E-state index contributed by atoms with van der Waals surface area (Å²) in [6, 6.07) is 3.63. The first-order valence-corrected chi connectivity index (χ1v) is 10.1. The number of hydrogen-bond acceptors (Lipinski definition) is 4. The summed E-state index contributed by atoms with van der Waals surface area (Å²) in [6.45, 7) is 7.43. The standard InChI is InChI=1S/C18H27FN2O4S/c1-13-8-9-15(11-16(13)19)26(23,24)21-10-6-7-14(12-21)20(5)17(22)25-18(2,3)4/h8-9,11,14H,6-7,10,12H2,1-5H3/t14-/m0/s1. The van der Waals surface area contributed by atoms with Gasteiger partial charge in [-0.1, -0.05) is 6.07 Å². The van der Waals surface area contributed by atoms with Gasteiger partial charge in [0.05, 0.1) is 4.90 Å². The van der Waals surface area contributed by atoms with Crippen molar-refractivity contribution in [3.05, 3.63) is 29.6 Å². The van der Waals surface area contributed by atoms with Crippen LogP contribution in [0.15, 0.2) is 23.1 Å². The van der Waals surface area contributed by atoms with Crippen LogP contribution in [0.1, 0.15) is 39.2 Å². The Balaban J connectivity index is 2.16. The first kappa shape index (κ1) is 20.6. The summed E-state index contributed by atoms with van der Waals surface area (Å²) in [4.78, 5) is 13.6. The predicted molar refractivity (Wildman–Crippen MR) is 96.9 cm³/mol. The SMILES string of the molecule is Cc1ccc(S(=O)(=O)N2CCC[C@H](N(C)C(=O)OC(C)(C)C)C2)cc1F. The van der Waals surface area contributed by atoms with E-state index < -0.39 is 27.5 Å². The van der Waals surface area contributed by atoms with E-state index in [0.717, 1.165) is 6.07 Å². The smallest absolute Gasteiger partial charge is 0.410 e. The van der Waals surface area contributed by atoms with Gasteiger partial charge in [-0.2, -0.15) is 4.31 Å². The first-order chi connectivity index (χ1) is 11.9. The molecule has 0 radical (unpaired) electrons. The number of hydrogen-bond donors (Lipinski definition) is 0. The lowest BCUT2D eigenvalue weighted by atomic mass is 10.1. The third-order valence-corrected chi connectivity index (χ3v) is 6.23. The maximum absolute atomic E-state index is 13.8. The topological polar surface area (TPSA) is 66.9 Å². The Morgan fingerprint density at radius 1 is 1.35 bits per heavy atom. The van der Waals surface area contributed by atoms with Crippen LogP contribution in [0.5, 0.6) is 0 Å². The number of amides is 1. The molecule has 1 aliphatic heterocycles. The molecule has 1 saturated heterocycles. The molecular weight excluding hydrogens is 359 g/mol. The molecule has 26 heavy (non-hydrogen) atoms. The van der Waals surface area contributed by atoms with Crippen molar-refractivity contribution in [1.29, 1.82) is 0 Å². The van der Waals surface area contributed by atoms with Crippen LogP contribution in [0.25, 0.3) is 0 Å². The normalized spacial score (nSPS) is 19.2. The fourth-order valence-electron chi connectivity index (χ4n) is 2.82. The fraction of sp³-hybridized carbons (Fsp3) is 0.611. The molecule has 1 aromatic rings. The first-order valence-electron chi connectivity index (χ1n) is 8.64. The molecule has 0 aromatic heterocycles. The minimum absolute atomic E-state index is 0.0684. The molecule has 1 fully saturated rings. The maximum atomic E-state index is 13.8. The second kappa shape index (κ2) is 7.52. The van der Waals surface area contributed by atoms with Crippen molar-refractivity contribution in [3.8, 4) is 0 Å². The zero-order valence-electron chi connectivity index (χ0n) is 16.0. The highest BCUT2D eigenvalue weighted by atomic mass is 32.2. The highest BCUT2D eigenvalue weighted by Gasteiger charge is 2.34. The van der Waals surface area contributed by atoms with Gasteiger partial charge < -0.3 is 9.64 Å². The molecule has 0 spiro atoms. The van der Waals surface area contributed by atoms with Crippen LogP contribution in [0, 0.1) is 12.7 Å². The van der Waals surface area contributed by atoms with E-state index >= 15 is 0 Å². The molecule has 146 valence electrons. The lowest BCUT2D eigenvalue weighted by Gasteiger charge is -2.37. The Morgan fingerprint density at radius 2 is 2.00 bits per heavy atom. The van der Waals surface area contributed by atoms with Gasteiger partial charge in [-0.25, -0.2) is 17.6 Å². The molecule has 2 rings (SSSR count). The van der Waals surface area contributed by atoms with Crippen molar-refractivity contribution in [2.45, 2.75) is 57.1 Å². The van der Waals surface area contributed by atoms with E-state index in [4.69, 9.17) is 4.74 Å². The molecule has 1 aliphatic rings. The molecule has 8 heteroatoms. The van der Waals surface area contributed by atoms with Gasteiger partial charge in [0.15, 0.2) is 0 Å². The van der Waals surface area contributed by atoms with Crippen molar-refractivity contribution >= 4 is 16.1 Å². The van der Waals surface area contributed by atoms with Crippen LogP contribution in [-0.2, 0) is 14.8 Å². The highest BCUT2D eigenvalue weighted by Crippen LogP contribution is 2.24. The number of piperidine rings is 1. The molecule has 0 unspecified atom stereocenters. The highest BCUT2D eigenvalue weighted by molar-refractivity contribution is 7.89. The lowest BCUT2D eigenvalue weighted by molar-refractivity contribution is 0.0173. The van der Waals surface area contributed by atoms with Gasteiger partial charge in [-0.05, 0) is 58.2 Å². The molecule has 0 N–H and O–H groups in total. The molecule has 1 aromatic carbocycles. The predicted octanol–water partition coefficient (Wildman–Crippen LogP) is 3.15. The van der Waals surface area contributed by atoms with Crippen LogP contribution < -0.4 is 0 Å². The van der Waals surface area contributed by atoms with E-state index in [2.05, 4.69) is 0 Å². The van der Waals surface area contributed by atoms with Gasteiger partial charge in [0.2, 0.25) is 10.0 Å². The van der Waals surface area contributed by atoms with Gasteiger partial charge in [-0.3, -0.25) is 0 Å². The van der Waals surface area contributed by atoms with E-state index in [1.54, 1.807) is 34.7 Å². The Bertz CT molecular complexity index is 774. The van der Waals surface area contributed by atoms with Gasteiger partial charge in [0.1, 0.15) is 11.4 Å². The fourth-order valence-corrected chi connectivity index (χ4v) is 4.35.